The van der Waals surface area contributed by atoms with Gasteiger partial charge in [-0.3, -0.25) is 4.68 Å². The second-order valence-electron chi connectivity index (χ2n) is 5.96. The molecule has 0 aliphatic carbocycles. The van der Waals surface area contributed by atoms with Crippen LogP contribution in [-0.4, -0.2) is 49.5 Å². The smallest absolute Gasteiger partial charge is 0.318 e. The SMILES string of the molecule is CCN(Cc1nc(COC)no1)C(=O)NC(c1ncnn1C)C(C)C. The van der Waals surface area contributed by atoms with Crippen molar-refractivity contribution in [2.24, 2.45) is 13.0 Å². The number of amides is 2. The van der Waals surface area contributed by atoms with Crippen LogP contribution in [0.15, 0.2) is 10.9 Å². The Hall–Kier alpha value is -2.49. The molecule has 2 amide bonds. The topological polar surface area (TPSA) is 111 Å². The van der Waals surface area contributed by atoms with Crippen molar-refractivity contribution in [2.45, 2.75) is 40.0 Å². The molecule has 1 N–H and O–H groups in total. The number of urea groups is 1. The lowest BCUT2D eigenvalue weighted by atomic mass is 10.0. The maximum atomic E-state index is 12.7. The van der Waals surface area contributed by atoms with Crippen molar-refractivity contribution in [1.82, 2.24) is 35.1 Å². The fourth-order valence-electron chi connectivity index (χ4n) is 2.37. The van der Waals surface area contributed by atoms with Gasteiger partial charge in [0.2, 0.25) is 5.89 Å². The molecule has 2 aromatic heterocycles. The Balaban J connectivity index is 2.05. The van der Waals surface area contributed by atoms with E-state index in [0.717, 1.165) is 0 Å². The van der Waals surface area contributed by atoms with Gasteiger partial charge in [0.25, 0.3) is 0 Å². The highest BCUT2D eigenvalue weighted by atomic mass is 16.5. The molecule has 2 rings (SSSR count). The zero-order valence-corrected chi connectivity index (χ0v) is 15.3. The van der Waals surface area contributed by atoms with Gasteiger partial charge < -0.3 is 19.5 Å². The van der Waals surface area contributed by atoms with Gasteiger partial charge in [-0.15, -0.1) is 0 Å². The molecule has 0 radical (unpaired) electrons. The normalized spacial score (nSPS) is 12.4. The van der Waals surface area contributed by atoms with Gasteiger partial charge in [0.15, 0.2) is 5.82 Å². The predicted molar refractivity (Wildman–Crippen MR) is 88.2 cm³/mol. The lowest BCUT2D eigenvalue weighted by Crippen LogP contribution is -2.43. The van der Waals surface area contributed by atoms with E-state index in [0.29, 0.717) is 24.1 Å². The van der Waals surface area contributed by atoms with E-state index in [1.165, 1.54) is 6.33 Å². The number of rotatable bonds is 8. The summed E-state index contributed by atoms with van der Waals surface area (Å²) in [6.45, 7) is 6.91. The van der Waals surface area contributed by atoms with E-state index >= 15 is 0 Å². The van der Waals surface area contributed by atoms with Crippen molar-refractivity contribution < 1.29 is 14.1 Å². The van der Waals surface area contributed by atoms with E-state index in [4.69, 9.17) is 9.26 Å². The van der Waals surface area contributed by atoms with Crippen molar-refractivity contribution in [2.75, 3.05) is 13.7 Å². The van der Waals surface area contributed by atoms with Crippen molar-refractivity contribution in [3.63, 3.8) is 0 Å². The molecule has 0 spiro atoms. The fourth-order valence-corrected chi connectivity index (χ4v) is 2.37. The van der Waals surface area contributed by atoms with Gasteiger partial charge in [-0.1, -0.05) is 19.0 Å². The molecular formula is C15H25N7O3. The van der Waals surface area contributed by atoms with Gasteiger partial charge >= 0.3 is 6.03 Å². The minimum Gasteiger partial charge on any atom is -0.377 e. The number of nitrogens with zero attached hydrogens (tertiary/aromatic N) is 6. The predicted octanol–water partition coefficient (Wildman–Crippen LogP) is 1.27. The molecular weight excluding hydrogens is 326 g/mol. The molecule has 10 heteroatoms. The Kier molecular flexibility index (Phi) is 6.45. The van der Waals surface area contributed by atoms with Crippen molar-refractivity contribution in [3.8, 4) is 0 Å². The molecule has 2 heterocycles. The average Bonchev–Trinajstić information content (AvgIpc) is 3.19. The summed E-state index contributed by atoms with van der Waals surface area (Å²) >= 11 is 0. The summed E-state index contributed by atoms with van der Waals surface area (Å²) in [5.74, 6) is 1.68. The van der Waals surface area contributed by atoms with Gasteiger partial charge in [-0.25, -0.2) is 9.78 Å². The Bertz CT molecular complexity index is 682. The second kappa shape index (κ2) is 8.56. The lowest BCUT2D eigenvalue weighted by Gasteiger charge is -2.26. The first kappa shape index (κ1) is 18.8. The van der Waals surface area contributed by atoms with Gasteiger partial charge in [-0.05, 0) is 12.8 Å². The van der Waals surface area contributed by atoms with Gasteiger partial charge in [0.1, 0.15) is 25.3 Å². The number of nitrogens with one attached hydrogen (secondary N) is 1. The first-order valence-corrected chi connectivity index (χ1v) is 8.16. The van der Waals surface area contributed by atoms with E-state index in [1.54, 1.807) is 23.7 Å². The molecule has 0 bridgehead atoms. The molecule has 0 fully saturated rings. The summed E-state index contributed by atoms with van der Waals surface area (Å²) in [5, 5.41) is 10.9. The highest BCUT2D eigenvalue weighted by Crippen LogP contribution is 2.19. The summed E-state index contributed by atoms with van der Waals surface area (Å²) in [6, 6.07) is -0.475. The van der Waals surface area contributed by atoms with E-state index in [9.17, 15) is 4.79 Å². The van der Waals surface area contributed by atoms with Crippen molar-refractivity contribution in [3.05, 3.63) is 23.9 Å². The van der Waals surface area contributed by atoms with Gasteiger partial charge in [0, 0.05) is 20.7 Å². The Morgan fingerprint density at radius 1 is 1.48 bits per heavy atom. The third-order valence-electron chi connectivity index (χ3n) is 3.75. The number of methoxy groups -OCH3 is 1. The highest BCUT2D eigenvalue weighted by molar-refractivity contribution is 5.74. The van der Waals surface area contributed by atoms with E-state index < -0.39 is 0 Å². The van der Waals surface area contributed by atoms with Gasteiger partial charge in [-0.2, -0.15) is 10.1 Å². The Labute approximate surface area is 146 Å². The first-order chi connectivity index (χ1) is 12.0. The summed E-state index contributed by atoms with van der Waals surface area (Å²) in [5.41, 5.74) is 0. The largest absolute Gasteiger partial charge is 0.377 e. The quantitative estimate of drug-likeness (QED) is 0.762. The Morgan fingerprint density at radius 2 is 2.24 bits per heavy atom. The zero-order chi connectivity index (χ0) is 18.4. The second-order valence-corrected chi connectivity index (χ2v) is 5.96. The summed E-state index contributed by atoms with van der Waals surface area (Å²) in [4.78, 5) is 22.7. The lowest BCUT2D eigenvalue weighted by molar-refractivity contribution is 0.173. The van der Waals surface area contributed by atoms with Crippen LogP contribution in [-0.2, 0) is 24.9 Å². The molecule has 0 aliphatic heterocycles. The van der Waals surface area contributed by atoms with Crippen LogP contribution in [0.4, 0.5) is 4.79 Å². The van der Waals surface area contributed by atoms with Crippen molar-refractivity contribution >= 4 is 6.03 Å². The average molecular weight is 351 g/mol. The van der Waals surface area contributed by atoms with Crippen LogP contribution in [0.3, 0.4) is 0 Å². The molecule has 10 nitrogen and oxygen atoms in total. The van der Waals surface area contributed by atoms with Crippen LogP contribution >= 0.6 is 0 Å². The molecule has 0 aromatic carbocycles. The molecule has 0 saturated heterocycles. The molecule has 138 valence electrons. The summed E-state index contributed by atoms with van der Waals surface area (Å²) in [6.07, 6.45) is 1.48. The van der Waals surface area contributed by atoms with Crippen LogP contribution in [0.5, 0.6) is 0 Å². The van der Waals surface area contributed by atoms with E-state index in [2.05, 4.69) is 25.5 Å². The van der Waals surface area contributed by atoms with Crippen LogP contribution in [0.1, 0.15) is 44.4 Å². The number of hydrogen-bond acceptors (Lipinski definition) is 7. The van der Waals surface area contributed by atoms with Crippen LogP contribution in [0.2, 0.25) is 0 Å². The molecule has 25 heavy (non-hydrogen) atoms. The first-order valence-electron chi connectivity index (χ1n) is 8.16. The van der Waals surface area contributed by atoms with Crippen LogP contribution in [0.25, 0.3) is 0 Å². The molecule has 0 aliphatic rings. The van der Waals surface area contributed by atoms with Gasteiger partial charge in [0.05, 0.1) is 6.04 Å². The maximum Gasteiger partial charge on any atom is 0.318 e. The minimum atomic E-state index is -0.249. The monoisotopic (exact) mass is 351 g/mol. The van der Waals surface area contributed by atoms with Crippen molar-refractivity contribution in [1.29, 1.82) is 0 Å². The van der Waals surface area contributed by atoms with Crippen LogP contribution in [0, 0.1) is 5.92 Å². The molecule has 1 unspecified atom stereocenters. The molecule has 2 aromatic rings. The molecule has 1 atom stereocenters. The third kappa shape index (κ3) is 4.75. The number of carbonyl (C=O) groups is 1. The third-order valence-corrected chi connectivity index (χ3v) is 3.75. The Morgan fingerprint density at radius 3 is 2.80 bits per heavy atom. The number of ether oxygens (including phenoxy) is 1. The maximum absolute atomic E-state index is 12.7. The standard InChI is InChI=1S/C15H25N7O3/c1-6-22(7-12-18-11(8-24-5)20-25-12)15(23)19-13(10(2)3)14-16-9-17-21(14)4/h9-10,13H,6-8H2,1-5H3,(H,19,23). The number of aromatic nitrogens is 5. The number of hydrogen-bond donors (Lipinski definition) is 1. The number of aryl methyl sites for hydroxylation is 1. The minimum absolute atomic E-state index is 0.155. The van der Waals surface area contributed by atoms with E-state index in [1.807, 2.05) is 20.8 Å². The zero-order valence-electron chi connectivity index (χ0n) is 15.3. The summed E-state index contributed by atoms with van der Waals surface area (Å²) in [7, 11) is 3.36. The van der Waals surface area contributed by atoms with E-state index in [-0.39, 0.29) is 31.1 Å². The van der Waals surface area contributed by atoms with Crippen LogP contribution < -0.4 is 5.32 Å². The fraction of sp³-hybridized carbons (Fsp3) is 0.667. The molecule has 0 saturated carbocycles. The number of carbonyl (C=O) groups excluding carboxylic acids is 1. The highest BCUT2D eigenvalue weighted by Gasteiger charge is 2.25. The summed E-state index contributed by atoms with van der Waals surface area (Å²) < 4.78 is 11.8.